The van der Waals surface area contributed by atoms with E-state index in [1.807, 2.05) is 24.3 Å². The number of para-hydroxylation sites is 1. The van der Waals surface area contributed by atoms with Crippen molar-refractivity contribution in [1.29, 1.82) is 0 Å². The number of aromatic nitrogens is 1. The lowest BCUT2D eigenvalue weighted by molar-refractivity contribution is -0.142. The van der Waals surface area contributed by atoms with Crippen LogP contribution in [0.1, 0.15) is 15.9 Å². The van der Waals surface area contributed by atoms with Crippen LogP contribution in [0.3, 0.4) is 0 Å². The maximum absolute atomic E-state index is 12.5. The van der Waals surface area contributed by atoms with E-state index in [-0.39, 0.29) is 17.7 Å². The zero-order valence-corrected chi connectivity index (χ0v) is 14.9. The van der Waals surface area contributed by atoms with E-state index in [1.165, 1.54) is 31.4 Å². The summed E-state index contributed by atoms with van der Waals surface area (Å²) in [7, 11) is 1.23. The van der Waals surface area contributed by atoms with E-state index in [9.17, 15) is 18.4 Å². The van der Waals surface area contributed by atoms with Gasteiger partial charge in [-0.3, -0.25) is 4.79 Å². The van der Waals surface area contributed by atoms with Gasteiger partial charge in [0, 0.05) is 29.1 Å². The van der Waals surface area contributed by atoms with E-state index in [4.69, 9.17) is 4.74 Å². The Morgan fingerprint density at radius 3 is 2.68 bits per heavy atom. The molecule has 8 heteroatoms. The average Bonchev–Trinajstić information content (AvgIpc) is 3.09. The fourth-order valence-electron chi connectivity index (χ4n) is 2.91. The molecule has 0 saturated carbocycles. The highest BCUT2D eigenvalue weighted by atomic mass is 19.3. The molecule has 0 bridgehead atoms. The summed E-state index contributed by atoms with van der Waals surface area (Å²) in [5.41, 5.74) is 1.83. The number of methoxy groups -OCH3 is 1. The van der Waals surface area contributed by atoms with Gasteiger partial charge in [-0.25, -0.2) is 4.79 Å². The number of carbonyl (C=O) groups is 2. The second-order valence-corrected chi connectivity index (χ2v) is 6.02. The molecule has 2 N–H and O–H groups in total. The number of alkyl halides is 2. The first-order valence-electron chi connectivity index (χ1n) is 8.46. The molecule has 1 heterocycles. The normalized spacial score (nSPS) is 12.0. The van der Waals surface area contributed by atoms with E-state index in [1.54, 1.807) is 6.20 Å². The first kappa shape index (κ1) is 19.3. The molecule has 1 atom stereocenters. The van der Waals surface area contributed by atoms with Crippen LogP contribution in [-0.4, -0.2) is 36.6 Å². The molecule has 0 saturated heterocycles. The number of esters is 1. The molecular formula is C20H18F2N2O4. The number of nitrogens with one attached hydrogen (secondary N) is 2. The molecule has 0 fully saturated rings. The number of H-pyrrole nitrogens is 1. The number of fused-ring (bicyclic) bond motifs is 1. The molecule has 0 unspecified atom stereocenters. The van der Waals surface area contributed by atoms with Crippen molar-refractivity contribution in [3.05, 3.63) is 65.9 Å². The number of aromatic amines is 1. The van der Waals surface area contributed by atoms with Gasteiger partial charge < -0.3 is 19.8 Å². The molecule has 2 aromatic carbocycles. The summed E-state index contributed by atoms with van der Waals surface area (Å²) >= 11 is 0. The molecule has 1 amide bonds. The van der Waals surface area contributed by atoms with Crippen molar-refractivity contribution in [3.63, 3.8) is 0 Å². The lowest BCUT2D eigenvalue weighted by Gasteiger charge is -2.16. The lowest BCUT2D eigenvalue weighted by atomic mass is 10.0. The minimum Gasteiger partial charge on any atom is -0.467 e. The number of rotatable bonds is 7. The van der Waals surface area contributed by atoms with Gasteiger partial charge in [0.2, 0.25) is 0 Å². The molecule has 6 nitrogen and oxygen atoms in total. The quantitative estimate of drug-likeness (QED) is 0.609. The highest BCUT2D eigenvalue weighted by molar-refractivity contribution is 5.97. The van der Waals surface area contributed by atoms with Gasteiger partial charge in [0.25, 0.3) is 5.91 Å². The maximum Gasteiger partial charge on any atom is 0.387 e. The summed E-state index contributed by atoms with van der Waals surface area (Å²) in [5.74, 6) is -1.36. The van der Waals surface area contributed by atoms with Crippen LogP contribution in [0.25, 0.3) is 10.9 Å². The Labute approximate surface area is 159 Å². The Morgan fingerprint density at radius 1 is 1.14 bits per heavy atom. The van der Waals surface area contributed by atoms with Gasteiger partial charge in [-0.2, -0.15) is 8.78 Å². The third-order valence-electron chi connectivity index (χ3n) is 4.21. The molecule has 28 heavy (non-hydrogen) atoms. The van der Waals surface area contributed by atoms with E-state index in [2.05, 4.69) is 15.0 Å². The number of amides is 1. The summed E-state index contributed by atoms with van der Waals surface area (Å²) in [6.45, 7) is -3.00. The zero-order valence-electron chi connectivity index (χ0n) is 14.9. The van der Waals surface area contributed by atoms with Crippen molar-refractivity contribution >= 4 is 22.8 Å². The van der Waals surface area contributed by atoms with Gasteiger partial charge in [0.15, 0.2) is 0 Å². The van der Waals surface area contributed by atoms with Crippen LogP contribution >= 0.6 is 0 Å². The number of halogens is 2. The molecule has 146 valence electrons. The monoisotopic (exact) mass is 388 g/mol. The molecule has 0 spiro atoms. The Morgan fingerprint density at radius 2 is 1.93 bits per heavy atom. The van der Waals surface area contributed by atoms with Crippen LogP contribution in [0.15, 0.2) is 54.7 Å². The molecule has 1 aromatic heterocycles. The third kappa shape index (κ3) is 4.46. The number of ether oxygens (including phenoxy) is 2. The Hall–Kier alpha value is -3.42. The second kappa shape index (κ2) is 8.51. The van der Waals surface area contributed by atoms with Crippen molar-refractivity contribution in [1.82, 2.24) is 10.3 Å². The fraction of sp³-hybridized carbons (Fsp3) is 0.200. The number of hydrogen-bond acceptors (Lipinski definition) is 4. The first-order valence-corrected chi connectivity index (χ1v) is 8.46. The summed E-state index contributed by atoms with van der Waals surface area (Å²) < 4.78 is 33.8. The Kier molecular flexibility index (Phi) is 5.88. The van der Waals surface area contributed by atoms with Gasteiger partial charge in [0.1, 0.15) is 11.8 Å². The highest BCUT2D eigenvalue weighted by Gasteiger charge is 2.24. The minimum atomic E-state index is -3.00. The SMILES string of the molecule is COC(=O)[C@@H](Cc1c[nH]c2ccccc12)NC(=O)c1cccc(OC(F)F)c1. The highest BCUT2D eigenvalue weighted by Crippen LogP contribution is 2.20. The molecule has 0 aliphatic carbocycles. The van der Waals surface area contributed by atoms with Crippen molar-refractivity contribution < 1.29 is 27.8 Å². The van der Waals surface area contributed by atoms with E-state index in [0.29, 0.717) is 0 Å². The number of carbonyl (C=O) groups excluding carboxylic acids is 2. The summed E-state index contributed by atoms with van der Waals surface area (Å²) in [4.78, 5) is 27.8. The molecule has 0 aliphatic rings. The Balaban J connectivity index is 1.79. The Bertz CT molecular complexity index is 987. The van der Waals surface area contributed by atoms with E-state index < -0.39 is 24.5 Å². The maximum atomic E-state index is 12.5. The van der Waals surface area contributed by atoms with Crippen LogP contribution < -0.4 is 10.1 Å². The van der Waals surface area contributed by atoms with Crippen LogP contribution in [0.5, 0.6) is 5.75 Å². The smallest absolute Gasteiger partial charge is 0.387 e. The average molecular weight is 388 g/mol. The van der Waals surface area contributed by atoms with E-state index in [0.717, 1.165) is 16.5 Å². The van der Waals surface area contributed by atoms with Gasteiger partial charge in [-0.15, -0.1) is 0 Å². The van der Waals surface area contributed by atoms with Crippen LogP contribution in [0, 0.1) is 0 Å². The molecule has 0 aliphatic heterocycles. The minimum absolute atomic E-state index is 0.0889. The van der Waals surface area contributed by atoms with Crippen molar-refractivity contribution in [2.24, 2.45) is 0 Å². The molecular weight excluding hydrogens is 370 g/mol. The lowest BCUT2D eigenvalue weighted by Crippen LogP contribution is -2.43. The van der Waals surface area contributed by atoms with Crippen LogP contribution in [0.2, 0.25) is 0 Å². The molecule has 0 radical (unpaired) electrons. The van der Waals surface area contributed by atoms with Crippen molar-refractivity contribution in [2.45, 2.75) is 19.1 Å². The topological polar surface area (TPSA) is 80.4 Å². The summed E-state index contributed by atoms with van der Waals surface area (Å²) in [5, 5.41) is 3.53. The standard InChI is InChI=1S/C20H18F2N2O4/c1-27-19(26)17(10-13-11-23-16-8-3-2-7-15(13)16)24-18(25)12-5-4-6-14(9-12)28-20(21)22/h2-9,11,17,20,23H,10H2,1H3,(H,24,25)/t17-/m1/s1. The third-order valence-corrected chi connectivity index (χ3v) is 4.21. The fourth-order valence-corrected chi connectivity index (χ4v) is 2.91. The molecule has 3 aromatic rings. The number of hydrogen-bond donors (Lipinski definition) is 2. The van der Waals surface area contributed by atoms with Gasteiger partial charge in [0.05, 0.1) is 7.11 Å². The largest absolute Gasteiger partial charge is 0.467 e. The predicted octanol–water partition coefficient (Wildman–Crippen LogP) is 3.28. The predicted molar refractivity (Wildman–Crippen MR) is 98.3 cm³/mol. The number of benzene rings is 2. The summed E-state index contributed by atoms with van der Waals surface area (Å²) in [6, 6.07) is 12.0. The van der Waals surface area contributed by atoms with Crippen LogP contribution in [-0.2, 0) is 16.0 Å². The van der Waals surface area contributed by atoms with Gasteiger partial charge in [-0.05, 0) is 29.8 Å². The zero-order chi connectivity index (χ0) is 20.1. The second-order valence-electron chi connectivity index (χ2n) is 6.02. The molecule has 3 rings (SSSR count). The van der Waals surface area contributed by atoms with Gasteiger partial charge in [-0.1, -0.05) is 24.3 Å². The first-order chi connectivity index (χ1) is 13.5. The van der Waals surface area contributed by atoms with Gasteiger partial charge >= 0.3 is 12.6 Å². The van der Waals surface area contributed by atoms with Crippen molar-refractivity contribution in [3.8, 4) is 5.75 Å². The van der Waals surface area contributed by atoms with E-state index >= 15 is 0 Å². The summed E-state index contributed by atoms with van der Waals surface area (Å²) in [6.07, 6.45) is 1.97. The van der Waals surface area contributed by atoms with Crippen molar-refractivity contribution in [2.75, 3.05) is 7.11 Å². The van der Waals surface area contributed by atoms with Crippen LogP contribution in [0.4, 0.5) is 8.78 Å².